The van der Waals surface area contributed by atoms with Gasteiger partial charge in [0.1, 0.15) is 0 Å². The molecule has 0 aliphatic carbocycles. The first kappa shape index (κ1) is 18.1. The first-order valence-corrected chi connectivity index (χ1v) is 8.39. The van der Waals surface area contributed by atoms with E-state index in [1.807, 2.05) is 44.2 Å². The van der Waals surface area contributed by atoms with Crippen LogP contribution in [0.4, 0.5) is 0 Å². The van der Waals surface area contributed by atoms with E-state index >= 15 is 0 Å². The number of nitrogens with one attached hydrogen (secondary N) is 1. The largest absolute Gasteiger partial charge is 0.490 e. The van der Waals surface area contributed by atoms with Crippen molar-refractivity contribution in [1.82, 2.24) is 5.32 Å². The average molecular weight is 348 g/mol. The molecule has 2 rings (SSSR count). The van der Waals surface area contributed by atoms with Crippen LogP contribution in [0.5, 0.6) is 11.5 Å². The summed E-state index contributed by atoms with van der Waals surface area (Å²) in [6.07, 6.45) is 0.301. The van der Waals surface area contributed by atoms with E-state index in [2.05, 4.69) is 5.32 Å². The van der Waals surface area contributed by atoms with Gasteiger partial charge in [0.2, 0.25) is 5.91 Å². The molecule has 1 amide bonds. The predicted molar refractivity (Wildman–Crippen MR) is 95.8 cm³/mol. The Bertz CT molecular complexity index is 688. The zero-order chi connectivity index (χ0) is 17.4. The summed E-state index contributed by atoms with van der Waals surface area (Å²) < 4.78 is 11.1. The number of carbonyl (C=O) groups is 1. The molecule has 0 aliphatic heterocycles. The lowest BCUT2D eigenvalue weighted by Gasteiger charge is -2.13. The fourth-order valence-corrected chi connectivity index (χ4v) is 2.51. The van der Waals surface area contributed by atoms with E-state index in [1.165, 1.54) is 0 Å². The second-order valence-corrected chi connectivity index (χ2v) is 5.67. The molecule has 24 heavy (non-hydrogen) atoms. The minimum absolute atomic E-state index is 0.0517. The topological polar surface area (TPSA) is 47.6 Å². The smallest absolute Gasteiger partial charge is 0.224 e. The summed E-state index contributed by atoms with van der Waals surface area (Å²) in [5.41, 5.74) is 1.85. The molecule has 0 radical (unpaired) electrons. The summed E-state index contributed by atoms with van der Waals surface area (Å²) in [5, 5.41) is 3.54. The maximum atomic E-state index is 12.1. The van der Waals surface area contributed by atoms with Gasteiger partial charge in [0.15, 0.2) is 11.5 Å². The lowest BCUT2D eigenvalue weighted by atomic mass is 10.1. The lowest BCUT2D eigenvalue weighted by Crippen LogP contribution is -2.24. The molecule has 0 spiro atoms. The number of carbonyl (C=O) groups excluding carboxylic acids is 1. The molecule has 0 bridgehead atoms. The van der Waals surface area contributed by atoms with Crippen LogP contribution in [-0.4, -0.2) is 19.1 Å². The third-order valence-corrected chi connectivity index (χ3v) is 3.59. The van der Waals surface area contributed by atoms with Gasteiger partial charge in [-0.2, -0.15) is 0 Å². The monoisotopic (exact) mass is 347 g/mol. The first-order valence-electron chi connectivity index (χ1n) is 8.02. The normalized spacial score (nSPS) is 10.3. The van der Waals surface area contributed by atoms with E-state index in [0.717, 1.165) is 11.1 Å². The second kappa shape index (κ2) is 9.18. The fraction of sp³-hybridized carbons (Fsp3) is 0.316. The lowest BCUT2D eigenvalue weighted by molar-refractivity contribution is -0.120. The maximum Gasteiger partial charge on any atom is 0.224 e. The highest BCUT2D eigenvalue weighted by molar-refractivity contribution is 6.30. The quantitative estimate of drug-likeness (QED) is 0.785. The summed E-state index contributed by atoms with van der Waals surface area (Å²) in [5.74, 6) is 1.36. The van der Waals surface area contributed by atoms with Crippen LogP contribution in [0.25, 0.3) is 0 Å². The third-order valence-electron chi connectivity index (χ3n) is 3.35. The van der Waals surface area contributed by atoms with Crippen molar-refractivity contribution in [3.05, 3.63) is 58.6 Å². The molecule has 1 N–H and O–H groups in total. The molecule has 0 aromatic heterocycles. The standard InChI is InChI=1S/C19H22ClNO3/c1-3-23-17-9-8-15(11-18(17)24-4-2)13-21-19(22)12-14-6-5-7-16(20)10-14/h5-11H,3-4,12-13H2,1-2H3,(H,21,22). The van der Waals surface area contributed by atoms with E-state index in [-0.39, 0.29) is 5.91 Å². The summed E-state index contributed by atoms with van der Waals surface area (Å²) in [6, 6.07) is 13.0. The Morgan fingerprint density at radius 1 is 1.00 bits per heavy atom. The zero-order valence-electron chi connectivity index (χ0n) is 14.0. The van der Waals surface area contributed by atoms with Crippen molar-refractivity contribution < 1.29 is 14.3 Å². The molecule has 4 nitrogen and oxygen atoms in total. The average Bonchev–Trinajstić information content (AvgIpc) is 2.55. The Kier molecular flexibility index (Phi) is 6.94. The highest BCUT2D eigenvalue weighted by Gasteiger charge is 2.08. The number of benzene rings is 2. The Hall–Kier alpha value is -2.20. The van der Waals surface area contributed by atoms with E-state index in [9.17, 15) is 4.79 Å². The Balaban J connectivity index is 1.95. The molecule has 2 aromatic carbocycles. The van der Waals surface area contributed by atoms with Crippen molar-refractivity contribution in [3.63, 3.8) is 0 Å². The molecular weight excluding hydrogens is 326 g/mol. The summed E-state index contributed by atoms with van der Waals surface area (Å²) in [7, 11) is 0. The SMILES string of the molecule is CCOc1ccc(CNC(=O)Cc2cccc(Cl)c2)cc1OCC. The second-order valence-electron chi connectivity index (χ2n) is 5.23. The van der Waals surface area contributed by atoms with Gasteiger partial charge in [0.05, 0.1) is 19.6 Å². The van der Waals surface area contributed by atoms with Crippen LogP contribution in [0.15, 0.2) is 42.5 Å². The van der Waals surface area contributed by atoms with Crippen LogP contribution in [0, 0.1) is 0 Å². The van der Waals surface area contributed by atoms with E-state index in [0.29, 0.717) is 42.7 Å². The minimum Gasteiger partial charge on any atom is -0.490 e. The van der Waals surface area contributed by atoms with Gasteiger partial charge < -0.3 is 14.8 Å². The summed E-state index contributed by atoms with van der Waals surface area (Å²) in [4.78, 5) is 12.1. The Morgan fingerprint density at radius 3 is 2.46 bits per heavy atom. The predicted octanol–water partition coefficient (Wildman–Crippen LogP) is 4.00. The van der Waals surface area contributed by atoms with E-state index in [4.69, 9.17) is 21.1 Å². The van der Waals surface area contributed by atoms with Gasteiger partial charge in [-0.05, 0) is 49.2 Å². The number of amides is 1. The van der Waals surface area contributed by atoms with Crippen LogP contribution >= 0.6 is 11.6 Å². The number of rotatable bonds is 8. The zero-order valence-corrected chi connectivity index (χ0v) is 14.7. The van der Waals surface area contributed by atoms with Gasteiger partial charge in [-0.1, -0.05) is 29.8 Å². The molecule has 5 heteroatoms. The first-order chi connectivity index (χ1) is 11.6. The summed E-state index contributed by atoms with van der Waals surface area (Å²) in [6.45, 7) is 5.43. The van der Waals surface area contributed by atoms with Gasteiger partial charge in [-0.25, -0.2) is 0 Å². The van der Waals surface area contributed by atoms with Crippen molar-refractivity contribution in [3.8, 4) is 11.5 Å². The van der Waals surface area contributed by atoms with Crippen molar-refractivity contribution in [2.45, 2.75) is 26.8 Å². The Labute approximate surface area is 147 Å². The van der Waals surface area contributed by atoms with E-state index in [1.54, 1.807) is 12.1 Å². The molecule has 0 unspecified atom stereocenters. The van der Waals surface area contributed by atoms with Crippen LogP contribution < -0.4 is 14.8 Å². The van der Waals surface area contributed by atoms with E-state index < -0.39 is 0 Å². The highest BCUT2D eigenvalue weighted by atomic mass is 35.5. The maximum absolute atomic E-state index is 12.1. The van der Waals surface area contributed by atoms with Gasteiger partial charge in [0, 0.05) is 11.6 Å². The van der Waals surface area contributed by atoms with Crippen molar-refractivity contribution in [1.29, 1.82) is 0 Å². The van der Waals surface area contributed by atoms with Crippen LogP contribution in [0.1, 0.15) is 25.0 Å². The third kappa shape index (κ3) is 5.46. The molecule has 0 fully saturated rings. The van der Waals surface area contributed by atoms with Gasteiger partial charge in [-0.15, -0.1) is 0 Å². The minimum atomic E-state index is -0.0517. The van der Waals surface area contributed by atoms with Crippen LogP contribution in [-0.2, 0) is 17.8 Å². The van der Waals surface area contributed by atoms with Gasteiger partial charge in [-0.3, -0.25) is 4.79 Å². The number of hydrogen-bond donors (Lipinski definition) is 1. The van der Waals surface area contributed by atoms with Gasteiger partial charge in [0.25, 0.3) is 0 Å². The molecule has 0 saturated heterocycles. The Morgan fingerprint density at radius 2 is 1.75 bits per heavy atom. The molecule has 128 valence electrons. The number of ether oxygens (including phenoxy) is 2. The molecule has 0 aliphatic rings. The van der Waals surface area contributed by atoms with Crippen LogP contribution in [0.2, 0.25) is 5.02 Å². The number of halogens is 1. The molecular formula is C19H22ClNO3. The highest BCUT2D eigenvalue weighted by Crippen LogP contribution is 2.28. The molecule has 0 heterocycles. The van der Waals surface area contributed by atoms with Crippen LogP contribution in [0.3, 0.4) is 0 Å². The molecule has 0 saturated carbocycles. The van der Waals surface area contributed by atoms with Crippen molar-refractivity contribution in [2.24, 2.45) is 0 Å². The number of hydrogen-bond acceptors (Lipinski definition) is 3. The van der Waals surface area contributed by atoms with Crippen molar-refractivity contribution in [2.75, 3.05) is 13.2 Å². The molecule has 0 atom stereocenters. The van der Waals surface area contributed by atoms with Crippen molar-refractivity contribution >= 4 is 17.5 Å². The van der Waals surface area contributed by atoms with Gasteiger partial charge >= 0.3 is 0 Å². The fourth-order valence-electron chi connectivity index (χ4n) is 2.30. The molecule has 2 aromatic rings. The summed E-state index contributed by atoms with van der Waals surface area (Å²) >= 11 is 5.93.